The van der Waals surface area contributed by atoms with Crippen LogP contribution in [0.15, 0.2) is 24.3 Å². The summed E-state index contributed by atoms with van der Waals surface area (Å²) in [5.41, 5.74) is 1.03. The van der Waals surface area contributed by atoms with E-state index in [0.29, 0.717) is 35.0 Å². The molecule has 1 aromatic heterocycles. The Morgan fingerprint density at radius 2 is 2.07 bits per heavy atom. The quantitative estimate of drug-likeness (QED) is 0.502. The minimum Gasteiger partial charge on any atom is -0.494 e. The molecule has 1 atom stereocenters. The van der Waals surface area contributed by atoms with Crippen molar-refractivity contribution in [3.8, 4) is 5.75 Å². The summed E-state index contributed by atoms with van der Waals surface area (Å²) in [6, 6.07) is 6.55. The van der Waals surface area contributed by atoms with Gasteiger partial charge in [0.05, 0.1) is 18.3 Å². The predicted octanol–water partition coefficient (Wildman–Crippen LogP) is 3.39. The number of ether oxygens (including phenoxy) is 1. The summed E-state index contributed by atoms with van der Waals surface area (Å²) >= 11 is 1.07. The Kier molecular flexibility index (Phi) is 7.06. The zero-order valence-corrected chi connectivity index (χ0v) is 16.3. The molecule has 0 saturated carbocycles. The van der Waals surface area contributed by atoms with E-state index in [-0.39, 0.29) is 29.0 Å². The number of carbonyl (C=O) groups is 3. The second kappa shape index (κ2) is 9.27. The fourth-order valence-electron chi connectivity index (χ4n) is 2.40. The number of benzene rings is 1. The maximum Gasteiger partial charge on any atom is 0.347 e. The number of amides is 1. The first-order valence-corrected chi connectivity index (χ1v) is 9.33. The fraction of sp³-hybridized carbons (Fsp3) is 0.368. The first-order valence-electron chi connectivity index (χ1n) is 8.51. The Morgan fingerprint density at radius 1 is 1.33 bits per heavy atom. The Bertz CT molecular complexity index is 846. The van der Waals surface area contributed by atoms with Gasteiger partial charge in [0.15, 0.2) is 5.78 Å². The van der Waals surface area contributed by atoms with Crippen LogP contribution in [0.5, 0.6) is 5.75 Å². The van der Waals surface area contributed by atoms with Gasteiger partial charge in [-0.2, -0.15) is 0 Å². The topological polar surface area (TPSA) is 106 Å². The van der Waals surface area contributed by atoms with Crippen molar-refractivity contribution in [1.82, 2.24) is 10.3 Å². The molecule has 0 aliphatic carbocycles. The molecule has 0 bridgehead atoms. The van der Waals surface area contributed by atoms with Crippen LogP contribution in [0.2, 0.25) is 0 Å². The predicted molar refractivity (Wildman–Crippen MR) is 102 cm³/mol. The standard InChI is InChI=1S/C19H22N2O5S/c1-11-17(19(24)25)27-18(21-11)12(2)20-16(23)8-5-9-26-15-7-4-6-14(10-15)13(3)22/h4,6-7,10,12H,5,8-9H2,1-3H3,(H,20,23)(H,24,25). The lowest BCUT2D eigenvalue weighted by atomic mass is 10.1. The maximum atomic E-state index is 12.1. The van der Waals surface area contributed by atoms with Gasteiger partial charge < -0.3 is 15.2 Å². The number of aryl methyl sites for hydroxylation is 1. The van der Waals surface area contributed by atoms with Crippen molar-refractivity contribution in [3.63, 3.8) is 0 Å². The largest absolute Gasteiger partial charge is 0.494 e. The highest BCUT2D eigenvalue weighted by molar-refractivity contribution is 7.13. The fourth-order valence-corrected chi connectivity index (χ4v) is 3.31. The van der Waals surface area contributed by atoms with Gasteiger partial charge >= 0.3 is 5.97 Å². The second-order valence-electron chi connectivity index (χ2n) is 6.10. The van der Waals surface area contributed by atoms with E-state index in [1.165, 1.54) is 6.92 Å². The number of aromatic nitrogens is 1. The second-order valence-corrected chi connectivity index (χ2v) is 7.13. The van der Waals surface area contributed by atoms with Gasteiger partial charge in [0.1, 0.15) is 15.6 Å². The third-order valence-electron chi connectivity index (χ3n) is 3.81. The number of hydrogen-bond acceptors (Lipinski definition) is 6. The molecular formula is C19H22N2O5S. The minimum atomic E-state index is -1.01. The molecule has 0 spiro atoms. The molecule has 1 aromatic carbocycles. The lowest BCUT2D eigenvalue weighted by Gasteiger charge is -2.11. The van der Waals surface area contributed by atoms with E-state index >= 15 is 0 Å². The molecule has 7 nitrogen and oxygen atoms in total. The molecule has 0 radical (unpaired) electrons. The molecule has 1 amide bonds. The molecule has 1 unspecified atom stereocenters. The van der Waals surface area contributed by atoms with E-state index in [9.17, 15) is 14.4 Å². The van der Waals surface area contributed by atoms with Gasteiger partial charge in [-0.05, 0) is 39.3 Å². The molecular weight excluding hydrogens is 368 g/mol. The van der Waals surface area contributed by atoms with Crippen LogP contribution in [0, 0.1) is 6.92 Å². The highest BCUT2D eigenvalue weighted by atomic mass is 32.1. The average Bonchev–Trinajstić information content (AvgIpc) is 3.01. The summed E-state index contributed by atoms with van der Waals surface area (Å²) in [6.45, 7) is 5.25. The van der Waals surface area contributed by atoms with Gasteiger partial charge in [-0.3, -0.25) is 9.59 Å². The number of carboxylic acid groups (broad SMARTS) is 1. The van der Waals surface area contributed by atoms with Gasteiger partial charge in [0.25, 0.3) is 0 Å². The minimum absolute atomic E-state index is 0.0303. The number of nitrogens with zero attached hydrogens (tertiary/aromatic N) is 1. The molecule has 1 heterocycles. The monoisotopic (exact) mass is 390 g/mol. The number of nitrogens with one attached hydrogen (secondary N) is 1. The molecule has 2 N–H and O–H groups in total. The molecule has 8 heteroatoms. The molecule has 0 saturated heterocycles. The first-order chi connectivity index (χ1) is 12.8. The van der Waals surface area contributed by atoms with Crippen LogP contribution in [0.1, 0.15) is 63.5 Å². The van der Waals surface area contributed by atoms with Gasteiger partial charge in [-0.15, -0.1) is 11.3 Å². The molecule has 0 aliphatic heterocycles. The van der Waals surface area contributed by atoms with Crippen LogP contribution < -0.4 is 10.1 Å². The summed E-state index contributed by atoms with van der Waals surface area (Å²) in [7, 11) is 0. The summed E-state index contributed by atoms with van der Waals surface area (Å²) in [5, 5.41) is 12.5. The van der Waals surface area contributed by atoms with Crippen molar-refractivity contribution in [3.05, 3.63) is 45.4 Å². The van der Waals surface area contributed by atoms with Gasteiger partial charge in [-0.1, -0.05) is 12.1 Å². The first kappa shape index (κ1) is 20.6. The summed E-state index contributed by atoms with van der Waals surface area (Å²) in [4.78, 5) is 38.9. The number of carboxylic acids is 1. The number of thiazole rings is 1. The van der Waals surface area contributed by atoms with Crippen LogP contribution in [0.4, 0.5) is 0 Å². The van der Waals surface area contributed by atoms with Crippen molar-refractivity contribution in [2.75, 3.05) is 6.61 Å². The van der Waals surface area contributed by atoms with Crippen LogP contribution in [0.25, 0.3) is 0 Å². The molecule has 2 aromatic rings. The van der Waals surface area contributed by atoms with Crippen molar-refractivity contribution < 1.29 is 24.2 Å². The lowest BCUT2D eigenvalue weighted by Crippen LogP contribution is -2.26. The summed E-state index contributed by atoms with van der Waals surface area (Å²) in [6.07, 6.45) is 0.785. The van der Waals surface area contributed by atoms with E-state index in [1.54, 1.807) is 38.1 Å². The highest BCUT2D eigenvalue weighted by Gasteiger charge is 2.19. The van der Waals surface area contributed by atoms with Crippen molar-refractivity contribution in [2.45, 2.75) is 39.7 Å². The number of carbonyl (C=O) groups excluding carboxylic acids is 2. The van der Waals surface area contributed by atoms with E-state index in [0.717, 1.165) is 11.3 Å². The smallest absolute Gasteiger partial charge is 0.347 e. The van der Waals surface area contributed by atoms with E-state index in [2.05, 4.69) is 10.3 Å². The number of aromatic carboxylic acids is 1. The van der Waals surface area contributed by atoms with Gasteiger partial charge in [0, 0.05) is 12.0 Å². The number of Topliss-reactive ketones (excluding diaryl/α,β-unsaturated/α-hetero) is 1. The van der Waals surface area contributed by atoms with Crippen LogP contribution >= 0.6 is 11.3 Å². The van der Waals surface area contributed by atoms with E-state index < -0.39 is 5.97 Å². The van der Waals surface area contributed by atoms with Crippen molar-refractivity contribution in [1.29, 1.82) is 0 Å². The molecule has 27 heavy (non-hydrogen) atoms. The average molecular weight is 390 g/mol. The SMILES string of the molecule is CC(=O)c1cccc(OCCCC(=O)NC(C)c2nc(C)c(C(=O)O)s2)c1. The number of hydrogen-bond donors (Lipinski definition) is 2. The Labute approximate surface area is 161 Å². The third kappa shape index (κ3) is 5.89. The molecule has 0 fully saturated rings. The van der Waals surface area contributed by atoms with Crippen molar-refractivity contribution in [2.24, 2.45) is 0 Å². The molecule has 2 rings (SSSR count). The Morgan fingerprint density at radius 3 is 2.70 bits per heavy atom. The van der Waals surface area contributed by atoms with E-state index in [4.69, 9.17) is 9.84 Å². The third-order valence-corrected chi connectivity index (χ3v) is 5.14. The highest BCUT2D eigenvalue weighted by Crippen LogP contribution is 2.23. The molecule has 144 valence electrons. The maximum absolute atomic E-state index is 12.1. The van der Waals surface area contributed by atoms with Crippen LogP contribution in [-0.4, -0.2) is 34.4 Å². The van der Waals surface area contributed by atoms with Crippen LogP contribution in [-0.2, 0) is 4.79 Å². The zero-order valence-electron chi connectivity index (χ0n) is 15.4. The normalized spacial score (nSPS) is 11.7. The van der Waals surface area contributed by atoms with Gasteiger partial charge in [0.2, 0.25) is 5.91 Å². The van der Waals surface area contributed by atoms with Crippen LogP contribution in [0.3, 0.4) is 0 Å². The van der Waals surface area contributed by atoms with Crippen molar-refractivity contribution >= 4 is 29.0 Å². The zero-order chi connectivity index (χ0) is 20.0. The Hall–Kier alpha value is -2.74. The van der Waals surface area contributed by atoms with E-state index in [1.807, 2.05) is 0 Å². The Balaban J connectivity index is 1.77. The molecule has 0 aliphatic rings. The summed E-state index contributed by atoms with van der Waals surface area (Å²) in [5.74, 6) is -0.609. The summed E-state index contributed by atoms with van der Waals surface area (Å²) < 4.78 is 5.57. The number of rotatable bonds is 9. The number of ketones is 1. The van der Waals surface area contributed by atoms with Gasteiger partial charge in [-0.25, -0.2) is 9.78 Å². The lowest BCUT2D eigenvalue weighted by molar-refractivity contribution is -0.121.